The van der Waals surface area contributed by atoms with E-state index in [9.17, 15) is 0 Å². The Kier molecular flexibility index (Phi) is 10.4. The van der Waals surface area contributed by atoms with Crippen LogP contribution in [0.1, 0.15) is 18.4 Å². The maximum atomic E-state index is 9.04. The number of methoxy groups -OCH3 is 1. The first-order chi connectivity index (χ1) is 19.4. The minimum absolute atomic E-state index is 0.781. The van der Waals surface area contributed by atoms with Gasteiger partial charge in [-0.3, -0.25) is 4.90 Å². The molecule has 9 nitrogen and oxygen atoms in total. The molecule has 212 valence electrons. The van der Waals surface area contributed by atoms with Gasteiger partial charge in [-0.05, 0) is 42.0 Å². The van der Waals surface area contributed by atoms with Crippen LogP contribution in [-0.2, 0) is 16.1 Å². The van der Waals surface area contributed by atoms with Gasteiger partial charge in [0.1, 0.15) is 17.2 Å². The van der Waals surface area contributed by atoms with Crippen LogP contribution in [0.5, 0.6) is 17.2 Å². The van der Waals surface area contributed by atoms with E-state index in [4.69, 9.17) is 29.3 Å². The second kappa shape index (κ2) is 14.3. The van der Waals surface area contributed by atoms with E-state index in [0.29, 0.717) is 0 Å². The number of rotatable bonds is 7. The summed E-state index contributed by atoms with van der Waals surface area (Å²) in [5.74, 6) is -1.23. The van der Waals surface area contributed by atoms with Crippen molar-refractivity contribution >= 4 is 17.6 Å². The number of aliphatic carboxylic acids is 2. The zero-order chi connectivity index (χ0) is 28.3. The molecule has 0 saturated carbocycles. The summed E-state index contributed by atoms with van der Waals surface area (Å²) in [6.07, 6.45) is 2.56. The number of carbonyl (C=O) groups excluding carboxylic acids is 1. The molecular formula is C31H37N3O6. The van der Waals surface area contributed by atoms with Crippen LogP contribution in [0, 0.1) is 0 Å². The number of nitrogens with one attached hydrogen (secondary N) is 1. The maximum Gasteiger partial charge on any atom is 0.351 e. The third-order valence-corrected chi connectivity index (χ3v) is 7.45. The molecule has 0 unspecified atom stereocenters. The monoisotopic (exact) mass is 547 g/mol. The van der Waals surface area contributed by atoms with E-state index in [1.54, 1.807) is 12.0 Å². The van der Waals surface area contributed by atoms with Crippen molar-refractivity contribution in [2.45, 2.75) is 25.4 Å². The predicted molar refractivity (Wildman–Crippen MR) is 150 cm³/mol. The van der Waals surface area contributed by atoms with Gasteiger partial charge >= 0.3 is 5.97 Å². The van der Waals surface area contributed by atoms with Crippen LogP contribution in [0.25, 0.3) is 0 Å². The van der Waals surface area contributed by atoms with E-state index in [1.165, 1.54) is 50.3 Å². The number of nitrogens with zero attached hydrogens (tertiary/aromatic N) is 2. The van der Waals surface area contributed by atoms with E-state index in [1.807, 2.05) is 42.5 Å². The number of piperidine rings is 1. The van der Waals surface area contributed by atoms with Crippen molar-refractivity contribution in [3.63, 3.8) is 0 Å². The molecule has 3 aromatic rings. The summed E-state index contributed by atoms with van der Waals surface area (Å²) in [7, 11) is 1.76. The highest BCUT2D eigenvalue weighted by molar-refractivity contribution is 6.26. The van der Waals surface area contributed by atoms with Gasteiger partial charge in [0, 0.05) is 32.5 Å². The van der Waals surface area contributed by atoms with Gasteiger partial charge in [-0.25, -0.2) is 4.79 Å². The van der Waals surface area contributed by atoms with Crippen LogP contribution in [-0.4, -0.2) is 74.4 Å². The Bertz CT molecular complexity index is 1230. The number of para-hydroxylation sites is 3. The first-order valence-corrected chi connectivity index (χ1v) is 13.6. The van der Waals surface area contributed by atoms with Crippen LogP contribution < -0.4 is 24.4 Å². The van der Waals surface area contributed by atoms with Crippen LogP contribution in [0.3, 0.4) is 0 Å². The standard InChI is InChI=1S/C29H35N3O2.C2H2O4/c1-33-29-13-6-5-12-28(29)32-20-18-31(19-21-32)25-14-16-30(17-15-25)23-24-8-7-11-27(22-24)34-26-9-3-2-4-10-26;3-1(4)2(5)6/h2-13,22,25H,14-21,23H2,1H3;(H,3,4)(H,5,6). The van der Waals surface area contributed by atoms with Gasteiger partial charge in [-0.2, -0.15) is 0 Å². The number of hydrogen-bond acceptors (Lipinski definition) is 7. The molecule has 0 bridgehead atoms. The summed E-state index contributed by atoms with van der Waals surface area (Å²) >= 11 is 0. The fraction of sp³-hybridized carbons (Fsp3) is 0.355. The molecule has 2 saturated heterocycles. The third kappa shape index (κ3) is 8.21. The number of likely N-dealkylation sites (tertiary alicyclic amines) is 1. The third-order valence-electron chi connectivity index (χ3n) is 7.45. The predicted octanol–water partition coefficient (Wildman–Crippen LogP) is 1.68. The molecule has 2 aliphatic rings. The molecule has 2 heterocycles. The Balaban J connectivity index is 0.000000557. The van der Waals surface area contributed by atoms with Crippen molar-refractivity contribution in [3.8, 4) is 17.2 Å². The molecule has 0 aromatic heterocycles. The molecule has 0 radical (unpaired) electrons. The van der Waals surface area contributed by atoms with E-state index in [-0.39, 0.29) is 0 Å². The Hall–Kier alpha value is -4.08. The average molecular weight is 548 g/mol. The first kappa shape index (κ1) is 28.9. The van der Waals surface area contributed by atoms with Gasteiger partial charge < -0.3 is 34.3 Å². The van der Waals surface area contributed by atoms with Crippen LogP contribution in [0.2, 0.25) is 0 Å². The summed E-state index contributed by atoms with van der Waals surface area (Å²) in [5, 5.41) is 16.3. The fourth-order valence-electron chi connectivity index (χ4n) is 5.42. The highest BCUT2D eigenvalue weighted by atomic mass is 16.5. The van der Waals surface area contributed by atoms with E-state index >= 15 is 0 Å². The molecule has 40 heavy (non-hydrogen) atoms. The van der Waals surface area contributed by atoms with Crippen LogP contribution in [0.4, 0.5) is 5.69 Å². The number of benzene rings is 3. The van der Waals surface area contributed by atoms with Crippen LogP contribution >= 0.6 is 0 Å². The molecule has 0 spiro atoms. The number of anilines is 1. The highest BCUT2D eigenvalue weighted by Crippen LogP contribution is 2.27. The minimum Gasteiger partial charge on any atom is -0.539 e. The Morgan fingerprint density at radius 3 is 2.17 bits per heavy atom. The summed E-state index contributed by atoms with van der Waals surface area (Å²) in [6.45, 7) is 7.97. The largest absolute Gasteiger partial charge is 0.539 e. The fourth-order valence-corrected chi connectivity index (χ4v) is 5.42. The van der Waals surface area contributed by atoms with E-state index < -0.39 is 11.9 Å². The van der Waals surface area contributed by atoms with E-state index in [0.717, 1.165) is 42.9 Å². The maximum absolute atomic E-state index is 9.04. The summed E-state index contributed by atoms with van der Waals surface area (Å²) < 4.78 is 11.6. The number of piperazine rings is 1. The Labute approximate surface area is 235 Å². The van der Waals surface area contributed by atoms with Gasteiger partial charge in [-0.15, -0.1) is 0 Å². The summed E-state index contributed by atoms with van der Waals surface area (Å²) in [5.41, 5.74) is 2.56. The van der Waals surface area contributed by atoms with Gasteiger partial charge in [0.2, 0.25) is 0 Å². The quantitative estimate of drug-likeness (QED) is 0.431. The first-order valence-electron chi connectivity index (χ1n) is 13.6. The van der Waals surface area contributed by atoms with Gasteiger partial charge in [0.05, 0.1) is 45.0 Å². The molecular weight excluding hydrogens is 510 g/mol. The molecule has 2 aliphatic heterocycles. The minimum atomic E-state index is -2.07. The molecule has 0 aliphatic carbocycles. The zero-order valence-electron chi connectivity index (χ0n) is 22.8. The van der Waals surface area contributed by atoms with E-state index in [2.05, 4.69) is 46.2 Å². The SMILES string of the molecule is COc1ccccc1N1CC[NH+](C2CCN(Cc3cccc(Oc4ccccc4)c3)CC2)CC1.O=C([O-])C(=O)O. The molecule has 5 rings (SSSR count). The second-order valence-electron chi connectivity index (χ2n) is 10.0. The lowest BCUT2D eigenvalue weighted by molar-refractivity contribution is -0.927. The van der Waals surface area contributed by atoms with Crippen molar-refractivity contribution < 1.29 is 34.2 Å². The van der Waals surface area contributed by atoms with Gasteiger partial charge in [-0.1, -0.05) is 42.5 Å². The van der Waals surface area contributed by atoms with Crippen molar-refractivity contribution in [1.82, 2.24) is 4.90 Å². The highest BCUT2D eigenvalue weighted by Gasteiger charge is 2.31. The number of quaternary nitrogens is 1. The van der Waals surface area contributed by atoms with Gasteiger partial charge in [0.25, 0.3) is 0 Å². The van der Waals surface area contributed by atoms with Crippen molar-refractivity contribution in [2.24, 2.45) is 0 Å². The smallest absolute Gasteiger partial charge is 0.351 e. The molecule has 3 aromatic carbocycles. The average Bonchev–Trinajstić information content (AvgIpc) is 2.99. The molecule has 9 heteroatoms. The topological polar surface area (TPSA) is 107 Å². The number of carbonyl (C=O) groups is 2. The number of hydrogen-bond donors (Lipinski definition) is 2. The molecule has 0 amide bonds. The molecule has 2 N–H and O–H groups in total. The normalized spacial score (nSPS) is 16.5. The molecule has 0 atom stereocenters. The zero-order valence-corrected chi connectivity index (χ0v) is 22.8. The van der Waals surface area contributed by atoms with Crippen molar-refractivity contribution in [3.05, 3.63) is 84.4 Å². The van der Waals surface area contributed by atoms with Crippen molar-refractivity contribution in [2.75, 3.05) is 51.3 Å². The number of ether oxygens (including phenoxy) is 2. The Morgan fingerprint density at radius 2 is 1.52 bits per heavy atom. The molecule has 2 fully saturated rings. The number of carboxylic acid groups (broad SMARTS) is 2. The summed E-state index contributed by atoms with van der Waals surface area (Å²) in [4.78, 5) is 24.9. The Morgan fingerprint density at radius 1 is 0.900 bits per heavy atom. The lowest BCUT2D eigenvalue weighted by Crippen LogP contribution is -3.18. The summed E-state index contributed by atoms with van der Waals surface area (Å²) in [6, 6.07) is 27.7. The lowest BCUT2D eigenvalue weighted by atomic mass is 10.0. The lowest BCUT2D eigenvalue weighted by Gasteiger charge is -2.41. The van der Waals surface area contributed by atoms with Crippen molar-refractivity contribution in [1.29, 1.82) is 0 Å². The van der Waals surface area contributed by atoms with Gasteiger partial charge in [0.15, 0.2) is 5.97 Å². The second-order valence-corrected chi connectivity index (χ2v) is 10.0. The van der Waals surface area contributed by atoms with Crippen LogP contribution in [0.15, 0.2) is 78.9 Å². The number of carboxylic acids is 2.